The second-order valence-electron chi connectivity index (χ2n) is 3.82. The fourth-order valence-corrected chi connectivity index (χ4v) is 2.09. The lowest BCUT2D eigenvalue weighted by Crippen LogP contribution is -2.33. The molecule has 1 aromatic heterocycles. The molecule has 1 aromatic rings. The molecule has 13 heavy (non-hydrogen) atoms. The van der Waals surface area contributed by atoms with E-state index in [1.54, 1.807) is 0 Å². The van der Waals surface area contributed by atoms with Crippen molar-refractivity contribution in [3.63, 3.8) is 0 Å². The highest BCUT2D eigenvalue weighted by Crippen LogP contribution is 2.23. The number of nitrogens with zero attached hydrogens (tertiary/aromatic N) is 2. The maximum absolute atomic E-state index is 4.26. The SMILES string of the molecule is CN(c1ncc[nH]1)C1CCCCC1. The lowest BCUT2D eigenvalue weighted by molar-refractivity contribution is 0.424. The van der Waals surface area contributed by atoms with Crippen LogP contribution < -0.4 is 4.90 Å². The van der Waals surface area contributed by atoms with E-state index in [0.29, 0.717) is 6.04 Å². The first-order chi connectivity index (χ1) is 6.38. The Balaban J connectivity index is 1.99. The van der Waals surface area contributed by atoms with Gasteiger partial charge in [-0.15, -0.1) is 0 Å². The summed E-state index contributed by atoms with van der Waals surface area (Å²) in [5.41, 5.74) is 0. The normalized spacial score (nSPS) is 18.8. The van der Waals surface area contributed by atoms with E-state index in [1.165, 1.54) is 32.1 Å². The molecule has 3 nitrogen and oxygen atoms in total. The fraction of sp³-hybridized carbons (Fsp3) is 0.700. The van der Waals surface area contributed by atoms with Crippen molar-refractivity contribution in [2.75, 3.05) is 11.9 Å². The molecule has 0 atom stereocenters. The lowest BCUT2D eigenvalue weighted by Gasteiger charge is -2.30. The molecule has 1 aliphatic rings. The Morgan fingerprint density at radius 3 is 2.77 bits per heavy atom. The van der Waals surface area contributed by atoms with Gasteiger partial charge in [0.05, 0.1) is 0 Å². The Hall–Kier alpha value is -0.990. The molecule has 0 aliphatic heterocycles. The Kier molecular flexibility index (Phi) is 2.52. The van der Waals surface area contributed by atoms with E-state index in [9.17, 15) is 0 Å². The van der Waals surface area contributed by atoms with Crippen molar-refractivity contribution >= 4 is 5.95 Å². The standard InChI is InChI=1S/C10H17N3/c1-13(10-11-7-8-12-10)9-5-3-2-4-6-9/h7-9H,2-6H2,1H3,(H,11,12). The predicted octanol–water partition coefficient (Wildman–Crippen LogP) is 2.18. The quantitative estimate of drug-likeness (QED) is 0.754. The van der Waals surface area contributed by atoms with Gasteiger partial charge < -0.3 is 9.88 Å². The summed E-state index contributed by atoms with van der Waals surface area (Å²) in [4.78, 5) is 9.69. The van der Waals surface area contributed by atoms with Crippen LogP contribution in [0.3, 0.4) is 0 Å². The summed E-state index contributed by atoms with van der Waals surface area (Å²) in [6, 6.07) is 0.694. The lowest BCUT2D eigenvalue weighted by atomic mass is 9.95. The number of nitrogens with one attached hydrogen (secondary N) is 1. The maximum Gasteiger partial charge on any atom is 0.202 e. The highest BCUT2D eigenvalue weighted by Gasteiger charge is 2.19. The first kappa shape index (κ1) is 8.60. The van der Waals surface area contributed by atoms with Gasteiger partial charge >= 0.3 is 0 Å². The number of H-pyrrole nitrogens is 1. The second kappa shape index (κ2) is 3.81. The van der Waals surface area contributed by atoms with Crippen LogP contribution in [0.15, 0.2) is 12.4 Å². The molecule has 0 aromatic carbocycles. The number of rotatable bonds is 2. The minimum Gasteiger partial charge on any atom is -0.343 e. The number of aromatic nitrogens is 2. The van der Waals surface area contributed by atoms with Crippen LogP contribution in [0.2, 0.25) is 0 Å². The third-order valence-electron chi connectivity index (χ3n) is 2.94. The molecule has 3 heteroatoms. The molecule has 72 valence electrons. The zero-order chi connectivity index (χ0) is 9.10. The minimum atomic E-state index is 0.694. The summed E-state index contributed by atoms with van der Waals surface area (Å²) in [5.74, 6) is 1.01. The number of hydrogen-bond acceptors (Lipinski definition) is 2. The van der Waals surface area contributed by atoms with Gasteiger partial charge in [0, 0.05) is 25.5 Å². The summed E-state index contributed by atoms with van der Waals surface area (Å²) in [7, 11) is 2.13. The molecular weight excluding hydrogens is 162 g/mol. The zero-order valence-corrected chi connectivity index (χ0v) is 8.16. The van der Waals surface area contributed by atoms with Crippen molar-refractivity contribution in [2.45, 2.75) is 38.1 Å². The van der Waals surface area contributed by atoms with E-state index in [-0.39, 0.29) is 0 Å². The van der Waals surface area contributed by atoms with Gasteiger partial charge in [-0.25, -0.2) is 4.98 Å². The first-order valence-electron chi connectivity index (χ1n) is 5.10. The summed E-state index contributed by atoms with van der Waals surface area (Å²) < 4.78 is 0. The zero-order valence-electron chi connectivity index (χ0n) is 8.16. The Labute approximate surface area is 79.2 Å². The van der Waals surface area contributed by atoms with E-state index in [1.807, 2.05) is 12.4 Å². The molecule has 0 bridgehead atoms. The van der Waals surface area contributed by atoms with E-state index in [2.05, 4.69) is 21.9 Å². The fourth-order valence-electron chi connectivity index (χ4n) is 2.09. The summed E-state index contributed by atoms with van der Waals surface area (Å²) in [6.07, 6.45) is 10.5. The second-order valence-corrected chi connectivity index (χ2v) is 3.82. The monoisotopic (exact) mass is 179 g/mol. The van der Waals surface area contributed by atoms with E-state index >= 15 is 0 Å². The van der Waals surface area contributed by atoms with Crippen molar-refractivity contribution in [2.24, 2.45) is 0 Å². The van der Waals surface area contributed by atoms with Gasteiger partial charge in [0.15, 0.2) is 0 Å². The third kappa shape index (κ3) is 1.85. The van der Waals surface area contributed by atoms with Crippen LogP contribution in [0.25, 0.3) is 0 Å². The predicted molar refractivity (Wildman–Crippen MR) is 53.9 cm³/mol. The Bertz CT molecular complexity index is 237. The molecule has 1 fully saturated rings. The summed E-state index contributed by atoms with van der Waals surface area (Å²) >= 11 is 0. The maximum atomic E-state index is 4.26. The van der Waals surface area contributed by atoms with E-state index in [0.717, 1.165) is 5.95 Å². The molecule has 1 heterocycles. The molecule has 1 saturated carbocycles. The topological polar surface area (TPSA) is 31.9 Å². The number of anilines is 1. The van der Waals surface area contributed by atoms with Gasteiger partial charge in [0.1, 0.15) is 0 Å². The van der Waals surface area contributed by atoms with Crippen LogP contribution in [-0.4, -0.2) is 23.1 Å². The number of imidazole rings is 1. The molecule has 0 unspecified atom stereocenters. The van der Waals surface area contributed by atoms with E-state index in [4.69, 9.17) is 0 Å². The molecular formula is C10H17N3. The minimum absolute atomic E-state index is 0.694. The first-order valence-corrected chi connectivity index (χ1v) is 5.10. The molecule has 0 amide bonds. The van der Waals surface area contributed by atoms with Gasteiger partial charge in [-0.3, -0.25) is 0 Å². The molecule has 0 spiro atoms. The van der Waals surface area contributed by atoms with Crippen LogP contribution in [-0.2, 0) is 0 Å². The third-order valence-corrected chi connectivity index (χ3v) is 2.94. The number of hydrogen-bond donors (Lipinski definition) is 1. The van der Waals surface area contributed by atoms with Crippen LogP contribution in [0.1, 0.15) is 32.1 Å². The molecule has 1 aliphatic carbocycles. The van der Waals surface area contributed by atoms with E-state index < -0.39 is 0 Å². The summed E-state index contributed by atoms with van der Waals surface area (Å²) in [6.45, 7) is 0. The molecule has 2 rings (SSSR count). The van der Waals surface area contributed by atoms with Crippen molar-refractivity contribution in [1.29, 1.82) is 0 Å². The summed E-state index contributed by atoms with van der Waals surface area (Å²) in [5, 5.41) is 0. The molecule has 1 N–H and O–H groups in total. The van der Waals surface area contributed by atoms with Crippen molar-refractivity contribution < 1.29 is 0 Å². The highest BCUT2D eigenvalue weighted by atomic mass is 15.3. The van der Waals surface area contributed by atoms with Crippen LogP contribution in [0.4, 0.5) is 5.95 Å². The van der Waals surface area contributed by atoms with Crippen LogP contribution >= 0.6 is 0 Å². The van der Waals surface area contributed by atoms with Crippen LogP contribution in [0.5, 0.6) is 0 Å². The smallest absolute Gasteiger partial charge is 0.202 e. The Morgan fingerprint density at radius 1 is 1.38 bits per heavy atom. The van der Waals surface area contributed by atoms with Crippen molar-refractivity contribution in [3.05, 3.63) is 12.4 Å². The largest absolute Gasteiger partial charge is 0.343 e. The number of aromatic amines is 1. The highest BCUT2D eigenvalue weighted by molar-refractivity contribution is 5.29. The van der Waals surface area contributed by atoms with Crippen molar-refractivity contribution in [1.82, 2.24) is 9.97 Å². The van der Waals surface area contributed by atoms with Gasteiger partial charge in [-0.05, 0) is 12.8 Å². The van der Waals surface area contributed by atoms with Gasteiger partial charge in [0.2, 0.25) is 5.95 Å². The Morgan fingerprint density at radius 2 is 2.15 bits per heavy atom. The average molecular weight is 179 g/mol. The molecule has 0 saturated heterocycles. The van der Waals surface area contributed by atoms with Gasteiger partial charge in [-0.2, -0.15) is 0 Å². The average Bonchev–Trinajstić information content (AvgIpc) is 2.71. The molecule has 0 radical (unpaired) electrons. The van der Waals surface area contributed by atoms with Gasteiger partial charge in [-0.1, -0.05) is 19.3 Å². The van der Waals surface area contributed by atoms with Gasteiger partial charge in [0.25, 0.3) is 0 Å². The van der Waals surface area contributed by atoms with Crippen molar-refractivity contribution in [3.8, 4) is 0 Å². The van der Waals surface area contributed by atoms with Crippen LogP contribution in [0, 0.1) is 0 Å².